The Balaban J connectivity index is 1.88. The van der Waals surface area contributed by atoms with Gasteiger partial charge >= 0.3 is 0 Å². The van der Waals surface area contributed by atoms with E-state index < -0.39 is 0 Å². The van der Waals surface area contributed by atoms with Crippen molar-refractivity contribution in [1.29, 1.82) is 0 Å². The Bertz CT molecular complexity index is 160. The molecule has 1 saturated carbocycles. The summed E-state index contributed by atoms with van der Waals surface area (Å²) in [5, 5.41) is 3.66. The zero-order valence-electron chi connectivity index (χ0n) is 7.07. The van der Waals surface area contributed by atoms with Gasteiger partial charge in [-0.2, -0.15) is 0 Å². The van der Waals surface area contributed by atoms with Crippen molar-refractivity contribution in [2.24, 2.45) is 11.8 Å². The SMILES string of the molecule is C[C@@]1(CCCI)NC[C@@H]2C[C@@H]21. The molecule has 1 nitrogen and oxygen atoms in total. The average Bonchev–Trinajstić information content (AvgIpc) is 2.72. The minimum atomic E-state index is 0.524. The van der Waals surface area contributed by atoms with Crippen LogP contribution in [0, 0.1) is 11.8 Å². The zero-order valence-corrected chi connectivity index (χ0v) is 9.23. The van der Waals surface area contributed by atoms with Crippen molar-refractivity contribution in [3.8, 4) is 0 Å². The summed E-state index contributed by atoms with van der Waals surface area (Å²) in [5.74, 6) is 2.08. The van der Waals surface area contributed by atoms with Crippen molar-refractivity contribution < 1.29 is 0 Å². The van der Waals surface area contributed by atoms with Crippen molar-refractivity contribution in [3.63, 3.8) is 0 Å². The van der Waals surface area contributed by atoms with Gasteiger partial charge in [-0.15, -0.1) is 0 Å². The van der Waals surface area contributed by atoms with Gasteiger partial charge in [-0.25, -0.2) is 0 Å². The quantitative estimate of drug-likeness (QED) is 0.609. The topological polar surface area (TPSA) is 12.0 Å². The van der Waals surface area contributed by atoms with Crippen molar-refractivity contribution in [3.05, 3.63) is 0 Å². The van der Waals surface area contributed by atoms with Gasteiger partial charge in [-0.1, -0.05) is 22.6 Å². The van der Waals surface area contributed by atoms with E-state index in [0.717, 1.165) is 11.8 Å². The maximum Gasteiger partial charge on any atom is 0.0185 e. The van der Waals surface area contributed by atoms with Crippen molar-refractivity contribution in [2.45, 2.75) is 31.7 Å². The molecule has 0 spiro atoms. The normalized spacial score (nSPS) is 47.5. The minimum Gasteiger partial charge on any atom is -0.311 e. The van der Waals surface area contributed by atoms with E-state index >= 15 is 0 Å². The second kappa shape index (κ2) is 2.87. The minimum absolute atomic E-state index is 0.524. The van der Waals surface area contributed by atoms with Crippen molar-refractivity contribution >= 4 is 22.6 Å². The van der Waals surface area contributed by atoms with Gasteiger partial charge in [0.15, 0.2) is 0 Å². The van der Waals surface area contributed by atoms with Gasteiger partial charge in [-0.3, -0.25) is 0 Å². The van der Waals surface area contributed by atoms with Crippen molar-refractivity contribution in [1.82, 2.24) is 5.32 Å². The molecule has 2 fully saturated rings. The van der Waals surface area contributed by atoms with Crippen LogP contribution in [-0.4, -0.2) is 16.5 Å². The highest BCUT2D eigenvalue weighted by Crippen LogP contribution is 2.52. The van der Waals surface area contributed by atoms with Crippen LogP contribution in [0.4, 0.5) is 0 Å². The molecular weight excluding hydrogens is 249 g/mol. The highest BCUT2D eigenvalue weighted by Gasteiger charge is 2.54. The van der Waals surface area contributed by atoms with Gasteiger partial charge in [0, 0.05) is 5.54 Å². The smallest absolute Gasteiger partial charge is 0.0185 e. The van der Waals surface area contributed by atoms with E-state index in [2.05, 4.69) is 34.8 Å². The van der Waals surface area contributed by atoms with Crippen LogP contribution in [-0.2, 0) is 0 Å². The predicted octanol–water partition coefficient (Wildman–Crippen LogP) is 2.20. The first-order valence-electron chi connectivity index (χ1n) is 4.57. The third-order valence-corrected chi connectivity index (χ3v) is 4.10. The number of halogens is 1. The van der Waals surface area contributed by atoms with Crippen LogP contribution in [0.5, 0.6) is 0 Å². The highest BCUT2D eigenvalue weighted by molar-refractivity contribution is 14.1. The number of rotatable bonds is 3. The van der Waals surface area contributed by atoms with E-state index in [0.29, 0.717) is 5.54 Å². The third-order valence-electron chi connectivity index (χ3n) is 3.34. The molecule has 0 aromatic rings. The van der Waals surface area contributed by atoms with Gasteiger partial charge in [0.2, 0.25) is 0 Å². The molecule has 1 aliphatic carbocycles. The average molecular weight is 265 g/mol. The molecular formula is C9H16IN. The Kier molecular flexibility index (Phi) is 2.17. The van der Waals surface area contributed by atoms with Crippen LogP contribution in [0.25, 0.3) is 0 Å². The van der Waals surface area contributed by atoms with Crippen molar-refractivity contribution in [2.75, 3.05) is 11.0 Å². The first-order chi connectivity index (χ1) is 5.26. The molecule has 2 heteroatoms. The summed E-state index contributed by atoms with van der Waals surface area (Å²) in [5.41, 5.74) is 0.524. The van der Waals surface area contributed by atoms with E-state index in [1.165, 1.54) is 30.2 Å². The molecule has 1 saturated heterocycles. The van der Waals surface area contributed by atoms with Gasteiger partial charge in [0.25, 0.3) is 0 Å². The summed E-state index contributed by atoms with van der Waals surface area (Å²) < 4.78 is 1.31. The van der Waals surface area contributed by atoms with Gasteiger partial charge < -0.3 is 5.32 Å². The fourth-order valence-electron chi connectivity index (χ4n) is 2.46. The number of nitrogens with one attached hydrogen (secondary N) is 1. The molecule has 0 radical (unpaired) electrons. The van der Waals surface area contributed by atoms with E-state index in [-0.39, 0.29) is 0 Å². The summed E-state index contributed by atoms with van der Waals surface area (Å²) in [6.45, 7) is 3.71. The standard InChI is InChI=1S/C9H16IN/c1-9(3-2-4-10)8-5-7(8)6-11-9/h7-8,11H,2-6H2,1H3/t7-,8-,9-/m0/s1. The van der Waals surface area contributed by atoms with E-state index in [1.54, 1.807) is 0 Å². The van der Waals surface area contributed by atoms with Gasteiger partial charge in [0.05, 0.1) is 0 Å². The number of alkyl halides is 1. The highest BCUT2D eigenvalue weighted by atomic mass is 127. The fourth-order valence-corrected chi connectivity index (χ4v) is 2.84. The fraction of sp³-hybridized carbons (Fsp3) is 1.00. The number of hydrogen-bond donors (Lipinski definition) is 1. The van der Waals surface area contributed by atoms with Crippen LogP contribution < -0.4 is 5.32 Å². The molecule has 3 atom stereocenters. The zero-order chi connectivity index (χ0) is 7.90. The van der Waals surface area contributed by atoms with Crippen LogP contribution in [0.2, 0.25) is 0 Å². The first-order valence-corrected chi connectivity index (χ1v) is 6.10. The van der Waals surface area contributed by atoms with Crippen LogP contribution in [0.1, 0.15) is 26.2 Å². The number of fused-ring (bicyclic) bond motifs is 1. The largest absolute Gasteiger partial charge is 0.311 e. The lowest BCUT2D eigenvalue weighted by atomic mass is 9.92. The summed E-state index contributed by atoms with van der Waals surface area (Å²) >= 11 is 2.47. The Labute approximate surface area is 82.5 Å². The molecule has 0 aromatic carbocycles. The molecule has 2 rings (SSSR count). The van der Waals surface area contributed by atoms with E-state index in [9.17, 15) is 0 Å². The van der Waals surface area contributed by atoms with Crippen LogP contribution in [0.15, 0.2) is 0 Å². The van der Waals surface area contributed by atoms with E-state index in [4.69, 9.17) is 0 Å². The lowest BCUT2D eigenvalue weighted by Gasteiger charge is -2.26. The molecule has 1 heterocycles. The van der Waals surface area contributed by atoms with E-state index in [1.807, 2.05) is 0 Å². The molecule has 1 aliphatic heterocycles. The monoisotopic (exact) mass is 265 g/mol. The Morgan fingerprint density at radius 3 is 2.91 bits per heavy atom. The Morgan fingerprint density at radius 2 is 2.45 bits per heavy atom. The molecule has 0 unspecified atom stereocenters. The summed E-state index contributed by atoms with van der Waals surface area (Å²) in [6.07, 6.45) is 4.27. The predicted molar refractivity (Wildman–Crippen MR) is 56.1 cm³/mol. The van der Waals surface area contributed by atoms with Crippen LogP contribution in [0.3, 0.4) is 0 Å². The summed E-state index contributed by atoms with van der Waals surface area (Å²) in [4.78, 5) is 0. The molecule has 1 N–H and O–H groups in total. The number of piperidine rings is 1. The molecule has 2 aliphatic rings. The second-order valence-corrected chi connectivity index (χ2v) is 5.27. The summed E-state index contributed by atoms with van der Waals surface area (Å²) in [6, 6.07) is 0. The lowest BCUT2D eigenvalue weighted by molar-refractivity contribution is 0.334. The molecule has 0 aromatic heterocycles. The van der Waals surface area contributed by atoms with Crippen LogP contribution >= 0.6 is 22.6 Å². The maximum absolute atomic E-state index is 3.66. The second-order valence-electron chi connectivity index (χ2n) is 4.19. The summed E-state index contributed by atoms with van der Waals surface area (Å²) in [7, 11) is 0. The Morgan fingerprint density at radius 1 is 1.64 bits per heavy atom. The Hall–Kier alpha value is 0.690. The molecule has 64 valence electrons. The lowest BCUT2D eigenvalue weighted by Crippen LogP contribution is -2.40. The number of hydrogen-bond acceptors (Lipinski definition) is 1. The van der Waals surface area contributed by atoms with Gasteiger partial charge in [0.1, 0.15) is 0 Å². The molecule has 0 bridgehead atoms. The first kappa shape index (κ1) is 8.30. The molecule has 11 heavy (non-hydrogen) atoms. The molecule has 0 amide bonds. The van der Waals surface area contributed by atoms with Gasteiger partial charge in [-0.05, 0) is 49.0 Å². The third kappa shape index (κ3) is 1.44. The maximum atomic E-state index is 3.66.